The summed E-state index contributed by atoms with van der Waals surface area (Å²) < 4.78 is 5.30. The van der Waals surface area contributed by atoms with Gasteiger partial charge in [0, 0.05) is 0 Å². The first-order valence-corrected chi connectivity index (χ1v) is 5.34. The first-order valence-electron chi connectivity index (χ1n) is 5.34. The fourth-order valence-corrected chi connectivity index (χ4v) is 1.42. The minimum absolute atomic E-state index is 0.212. The van der Waals surface area contributed by atoms with Gasteiger partial charge in [-0.1, -0.05) is 6.07 Å². The molecule has 0 aliphatic carbocycles. The van der Waals surface area contributed by atoms with Crippen molar-refractivity contribution in [3.8, 4) is 0 Å². The van der Waals surface area contributed by atoms with Crippen molar-refractivity contribution in [2.45, 2.75) is 6.92 Å². The van der Waals surface area contributed by atoms with E-state index in [4.69, 9.17) is 9.52 Å². The van der Waals surface area contributed by atoms with Crippen LogP contribution in [0.1, 0.15) is 21.9 Å². The lowest BCUT2D eigenvalue weighted by Crippen LogP contribution is -1.97. The molecule has 18 heavy (non-hydrogen) atoms. The first-order chi connectivity index (χ1) is 8.65. The summed E-state index contributed by atoms with van der Waals surface area (Å²) in [6.07, 6.45) is 1.53. The van der Waals surface area contributed by atoms with E-state index in [2.05, 4.69) is 10.5 Å². The standard InChI is InChI=1S/C13H12N2O3/c1-9-5-6-12(18-9)8-14-15-11-4-2-3-10(7-11)13(16)17/h2-8,15H,1H3,(H,16,17). The molecule has 5 nitrogen and oxygen atoms in total. The Labute approximate surface area is 104 Å². The smallest absolute Gasteiger partial charge is 0.335 e. The zero-order valence-electron chi connectivity index (χ0n) is 9.75. The summed E-state index contributed by atoms with van der Waals surface area (Å²) in [5, 5.41) is 12.8. The molecular formula is C13H12N2O3. The van der Waals surface area contributed by atoms with Crippen LogP contribution in [-0.2, 0) is 0 Å². The van der Waals surface area contributed by atoms with Crippen molar-refractivity contribution in [1.82, 2.24) is 0 Å². The summed E-state index contributed by atoms with van der Waals surface area (Å²) in [5.74, 6) is 0.475. The lowest BCUT2D eigenvalue weighted by atomic mass is 10.2. The van der Waals surface area contributed by atoms with E-state index in [1.54, 1.807) is 18.2 Å². The van der Waals surface area contributed by atoms with E-state index in [-0.39, 0.29) is 5.56 Å². The molecule has 0 bridgehead atoms. The number of rotatable bonds is 4. The van der Waals surface area contributed by atoms with Crippen molar-refractivity contribution >= 4 is 17.9 Å². The molecular weight excluding hydrogens is 232 g/mol. The normalized spacial score (nSPS) is 10.7. The van der Waals surface area contributed by atoms with Crippen LogP contribution >= 0.6 is 0 Å². The molecule has 5 heteroatoms. The highest BCUT2D eigenvalue weighted by Gasteiger charge is 2.02. The molecule has 0 saturated carbocycles. The number of carbonyl (C=O) groups is 1. The summed E-state index contributed by atoms with van der Waals surface area (Å²) >= 11 is 0. The molecule has 0 amide bonds. The molecule has 0 spiro atoms. The second kappa shape index (κ2) is 5.18. The number of benzene rings is 1. The summed E-state index contributed by atoms with van der Waals surface area (Å²) in [4.78, 5) is 10.8. The highest BCUT2D eigenvalue weighted by molar-refractivity contribution is 5.88. The van der Waals surface area contributed by atoms with Gasteiger partial charge in [0.2, 0.25) is 0 Å². The number of hydrogen-bond donors (Lipinski definition) is 2. The molecule has 1 aromatic heterocycles. The Hall–Kier alpha value is -2.56. The van der Waals surface area contributed by atoms with E-state index in [1.165, 1.54) is 18.3 Å². The predicted octanol–water partition coefficient (Wildman–Crippen LogP) is 2.73. The molecule has 1 heterocycles. The average molecular weight is 244 g/mol. The minimum Gasteiger partial charge on any atom is -0.478 e. The van der Waals surface area contributed by atoms with Crippen molar-refractivity contribution in [2.24, 2.45) is 5.10 Å². The second-order valence-electron chi connectivity index (χ2n) is 3.70. The van der Waals surface area contributed by atoms with Crippen molar-refractivity contribution in [2.75, 3.05) is 5.43 Å². The quantitative estimate of drug-likeness (QED) is 0.640. The van der Waals surface area contributed by atoms with Gasteiger partial charge in [0.05, 0.1) is 17.5 Å². The zero-order chi connectivity index (χ0) is 13.0. The Balaban J connectivity index is 2.04. The largest absolute Gasteiger partial charge is 0.478 e. The minimum atomic E-state index is -0.968. The first kappa shape index (κ1) is 11.9. The average Bonchev–Trinajstić information content (AvgIpc) is 2.75. The van der Waals surface area contributed by atoms with Crippen molar-refractivity contribution in [3.05, 3.63) is 53.5 Å². The van der Waals surface area contributed by atoms with Crippen LogP contribution in [-0.4, -0.2) is 17.3 Å². The van der Waals surface area contributed by atoms with E-state index in [0.29, 0.717) is 11.4 Å². The SMILES string of the molecule is Cc1ccc(C=NNc2cccc(C(=O)O)c2)o1. The number of carboxylic acid groups (broad SMARTS) is 1. The maximum absolute atomic E-state index is 10.8. The molecule has 0 fully saturated rings. The fourth-order valence-electron chi connectivity index (χ4n) is 1.42. The molecule has 92 valence electrons. The Bertz CT molecular complexity index is 587. The number of nitrogens with zero attached hydrogens (tertiary/aromatic N) is 1. The molecule has 1 aromatic carbocycles. The van der Waals surface area contributed by atoms with Crippen LogP contribution in [0, 0.1) is 6.92 Å². The second-order valence-corrected chi connectivity index (χ2v) is 3.70. The molecule has 0 unspecified atom stereocenters. The maximum atomic E-state index is 10.8. The maximum Gasteiger partial charge on any atom is 0.335 e. The number of aryl methyl sites for hydroxylation is 1. The van der Waals surface area contributed by atoms with Crippen LogP contribution in [0.4, 0.5) is 5.69 Å². The summed E-state index contributed by atoms with van der Waals surface area (Å²) in [6, 6.07) is 10.1. The van der Waals surface area contributed by atoms with Gasteiger partial charge in [-0.2, -0.15) is 5.10 Å². The van der Waals surface area contributed by atoms with Gasteiger partial charge in [0.15, 0.2) is 0 Å². The molecule has 0 radical (unpaired) electrons. The number of aromatic carboxylic acids is 1. The van der Waals surface area contributed by atoms with Crippen molar-refractivity contribution < 1.29 is 14.3 Å². The van der Waals surface area contributed by atoms with Crippen LogP contribution in [0.3, 0.4) is 0 Å². The van der Waals surface area contributed by atoms with Gasteiger partial charge in [-0.3, -0.25) is 5.43 Å². The van der Waals surface area contributed by atoms with Gasteiger partial charge >= 0.3 is 5.97 Å². The lowest BCUT2D eigenvalue weighted by Gasteiger charge is -2.00. The Morgan fingerprint density at radius 3 is 2.89 bits per heavy atom. The van der Waals surface area contributed by atoms with Crippen LogP contribution in [0.2, 0.25) is 0 Å². The van der Waals surface area contributed by atoms with Gasteiger partial charge in [-0.15, -0.1) is 0 Å². The Morgan fingerprint density at radius 1 is 1.39 bits per heavy atom. The van der Waals surface area contributed by atoms with E-state index in [1.807, 2.05) is 13.0 Å². The fraction of sp³-hybridized carbons (Fsp3) is 0.0769. The number of hydrogen-bond acceptors (Lipinski definition) is 4. The van der Waals surface area contributed by atoms with Gasteiger partial charge in [0.25, 0.3) is 0 Å². The van der Waals surface area contributed by atoms with E-state index < -0.39 is 5.97 Å². The number of anilines is 1. The van der Waals surface area contributed by atoms with E-state index >= 15 is 0 Å². The number of nitrogens with one attached hydrogen (secondary N) is 1. The summed E-state index contributed by atoms with van der Waals surface area (Å²) in [5.41, 5.74) is 3.56. The van der Waals surface area contributed by atoms with Crippen LogP contribution in [0.15, 0.2) is 45.9 Å². The lowest BCUT2D eigenvalue weighted by molar-refractivity contribution is 0.0697. The summed E-state index contributed by atoms with van der Waals surface area (Å²) in [7, 11) is 0. The molecule has 0 saturated heterocycles. The summed E-state index contributed by atoms with van der Waals surface area (Å²) in [6.45, 7) is 1.85. The zero-order valence-corrected chi connectivity index (χ0v) is 9.75. The molecule has 2 aromatic rings. The molecule has 0 aliphatic rings. The molecule has 2 N–H and O–H groups in total. The van der Waals surface area contributed by atoms with Crippen LogP contribution in [0.25, 0.3) is 0 Å². The third-order valence-electron chi connectivity index (χ3n) is 2.26. The Kier molecular flexibility index (Phi) is 3.43. The topological polar surface area (TPSA) is 74.8 Å². The molecule has 0 aliphatic heterocycles. The van der Waals surface area contributed by atoms with Gasteiger partial charge in [0.1, 0.15) is 11.5 Å². The van der Waals surface area contributed by atoms with E-state index in [9.17, 15) is 4.79 Å². The molecule has 2 rings (SSSR count). The monoisotopic (exact) mass is 244 g/mol. The number of hydrazone groups is 1. The van der Waals surface area contributed by atoms with Gasteiger partial charge in [-0.05, 0) is 37.3 Å². The van der Waals surface area contributed by atoms with Gasteiger partial charge in [-0.25, -0.2) is 4.79 Å². The predicted molar refractivity (Wildman–Crippen MR) is 68.1 cm³/mol. The van der Waals surface area contributed by atoms with Crippen LogP contribution < -0.4 is 5.43 Å². The molecule has 0 atom stereocenters. The van der Waals surface area contributed by atoms with Gasteiger partial charge < -0.3 is 9.52 Å². The van der Waals surface area contributed by atoms with Crippen LogP contribution in [0.5, 0.6) is 0 Å². The van der Waals surface area contributed by atoms with Crippen molar-refractivity contribution in [1.29, 1.82) is 0 Å². The number of carboxylic acids is 1. The van der Waals surface area contributed by atoms with Crippen molar-refractivity contribution in [3.63, 3.8) is 0 Å². The Morgan fingerprint density at radius 2 is 2.22 bits per heavy atom. The van der Waals surface area contributed by atoms with E-state index in [0.717, 1.165) is 5.76 Å². The third kappa shape index (κ3) is 2.98. The number of furan rings is 1. The highest BCUT2D eigenvalue weighted by atomic mass is 16.4. The highest BCUT2D eigenvalue weighted by Crippen LogP contribution is 2.10. The third-order valence-corrected chi connectivity index (χ3v) is 2.26.